The van der Waals surface area contributed by atoms with E-state index in [4.69, 9.17) is 16.3 Å². The second-order valence-corrected chi connectivity index (χ2v) is 6.34. The molecule has 9 heteroatoms. The number of carbonyl (C=O) groups is 2. The van der Waals surface area contributed by atoms with Gasteiger partial charge in [-0.1, -0.05) is 29.8 Å². The fraction of sp³-hybridized carbons (Fsp3) is 0.176. The van der Waals surface area contributed by atoms with Crippen molar-refractivity contribution < 1.29 is 19.2 Å². The summed E-state index contributed by atoms with van der Waals surface area (Å²) in [7, 11) is 0. The van der Waals surface area contributed by atoms with Crippen molar-refractivity contribution >= 4 is 40.9 Å². The number of hydrogen-bond acceptors (Lipinski definition) is 6. The molecule has 1 N–H and O–H groups in total. The molecule has 2 aromatic rings. The first kappa shape index (κ1) is 19.7. The van der Waals surface area contributed by atoms with Crippen LogP contribution >= 0.6 is 23.4 Å². The first-order chi connectivity index (χ1) is 12.4. The van der Waals surface area contributed by atoms with Crippen molar-refractivity contribution in [3.8, 4) is 0 Å². The molecule has 0 radical (unpaired) electrons. The fourth-order valence-electron chi connectivity index (χ4n) is 2.06. The molecule has 0 unspecified atom stereocenters. The molecule has 0 bridgehead atoms. The Bertz CT molecular complexity index is 844. The van der Waals surface area contributed by atoms with E-state index in [0.717, 1.165) is 11.6 Å². The summed E-state index contributed by atoms with van der Waals surface area (Å²) in [6.45, 7) is -0.300. The first-order valence-corrected chi connectivity index (χ1v) is 9.02. The van der Waals surface area contributed by atoms with Crippen molar-refractivity contribution in [2.45, 2.75) is 11.4 Å². The van der Waals surface area contributed by atoms with Crippen LogP contribution < -0.4 is 5.32 Å². The van der Waals surface area contributed by atoms with Crippen LogP contribution in [0.1, 0.15) is 15.9 Å². The predicted molar refractivity (Wildman–Crippen MR) is 98.5 cm³/mol. The summed E-state index contributed by atoms with van der Waals surface area (Å²) in [5.41, 5.74) is 0.556. The van der Waals surface area contributed by atoms with Gasteiger partial charge in [-0.3, -0.25) is 14.9 Å². The van der Waals surface area contributed by atoms with Crippen molar-refractivity contribution in [1.82, 2.24) is 5.32 Å². The molecule has 0 saturated carbocycles. The lowest BCUT2D eigenvalue weighted by Crippen LogP contribution is -2.28. The number of nitrogens with one attached hydrogen (secondary N) is 1. The van der Waals surface area contributed by atoms with E-state index in [-0.39, 0.29) is 17.8 Å². The number of carbonyl (C=O) groups excluding carboxylic acids is 2. The maximum atomic E-state index is 12.0. The van der Waals surface area contributed by atoms with Gasteiger partial charge in [-0.15, -0.1) is 11.8 Å². The van der Waals surface area contributed by atoms with Crippen molar-refractivity contribution in [3.63, 3.8) is 0 Å². The number of ether oxygens (including phenoxy) is 1. The van der Waals surface area contributed by atoms with E-state index in [0.29, 0.717) is 9.92 Å². The Hall–Kier alpha value is -2.58. The van der Waals surface area contributed by atoms with Gasteiger partial charge in [-0.05, 0) is 30.0 Å². The summed E-state index contributed by atoms with van der Waals surface area (Å²) >= 11 is 7.19. The van der Waals surface area contributed by atoms with Crippen molar-refractivity contribution in [2.24, 2.45) is 0 Å². The van der Waals surface area contributed by atoms with Gasteiger partial charge in [0.2, 0.25) is 0 Å². The number of thioether (sulfide) groups is 1. The minimum Gasteiger partial charge on any atom is -0.452 e. The average Bonchev–Trinajstić information content (AvgIpc) is 2.64. The number of rotatable bonds is 7. The molecule has 136 valence electrons. The van der Waals surface area contributed by atoms with E-state index in [2.05, 4.69) is 5.32 Å². The van der Waals surface area contributed by atoms with E-state index < -0.39 is 23.4 Å². The number of nitrogens with zero attached hydrogens (tertiary/aromatic N) is 1. The van der Waals surface area contributed by atoms with Crippen molar-refractivity contribution in [3.05, 3.63) is 68.7 Å². The summed E-state index contributed by atoms with van der Waals surface area (Å²) in [6, 6.07) is 11.1. The molecule has 0 aliphatic carbocycles. The normalized spacial score (nSPS) is 10.2. The molecule has 0 aromatic heterocycles. The molecular weight excluding hydrogens is 380 g/mol. The first-order valence-electron chi connectivity index (χ1n) is 7.42. The Morgan fingerprint density at radius 2 is 2.00 bits per heavy atom. The van der Waals surface area contributed by atoms with Gasteiger partial charge in [0.15, 0.2) is 6.61 Å². The molecule has 7 nitrogen and oxygen atoms in total. The minimum atomic E-state index is -0.811. The Labute approximate surface area is 158 Å². The second kappa shape index (κ2) is 9.21. The van der Waals surface area contributed by atoms with E-state index in [1.54, 1.807) is 30.5 Å². The lowest BCUT2D eigenvalue weighted by Gasteiger charge is -2.08. The molecule has 26 heavy (non-hydrogen) atoms. The van der Waals surface area contributed by atoms with E-state index in [9.17, 15) is 19.7 Å². The number of halogens is 1. The predicted octanol–water partition coefficient (Wildman–Crippen LogP) is 3.44. The summed E-state index contributed by atoms with van der Waals surface area (Å²) in [5, 5.41) is 14.1. The highest BCUT2D eigenvalue weighted by Gasteiger charge is 2.18. The number of esters is 1. The lowest BCUT2D eigenvalue weighted by molar-refractivity contribution is -0.387. The van der Waals surface area contributed by atoms with Crippen LogP contribution in [0, 0.1) is 10.1 Å². The summed E-state index contributed by atoms with van der Waals surface area (Å²) in [4.78, 5) is 34.7. The van der Waals surface area contributed by atoms with Crippen LogP contribution in [0.15, 0.2) is 47.4 Å². The smallest absolute Gasteiger partial charge is 0.338 e. The third-order valence-corrected chi connectivity index (χ3v) is 4.53. The molecule has 2 aromatic carbocycles. The Balaban J connectivity index is 1.92. The third-order valence-electron chi connectivity index (χ3n) is 3.38. The molecule has 0 aliphatic heterocycles. The van der Waals surface area contributed by atoms with Crippen LogP contribution in [0.4, 0.5) is 5.69 Å². The molecular formula is C17H15ClN2O5S. The Kier molecular flexibility index (Phi) is 6.99. The molecule has 0 heterocycles. The number of nitro groups is 1. The van der Waals surface area contributed by atoms with Gasteiger partial charge in [0.05, 0.1) is 15.4 Å². The van der Waals surface area contributed by atoms with Gasteiger partial charge < -0.3 is 10.1 Å². The molecule has 1 amide bonds. The number of hydrogen-bond donors (Lipinski definition) is 1. The van der Waals surface area contributed by atoms with Gasteiger partial charge in [-0.25, -0.2) is 4.79 Å². The number of benzene rings is 2. The Morgan fingerprint density at radius 3 is 2.65 bits per heavy atom. The maximum absolute atomic E-state index is 12.0. The monoisotopic (exact) mass is 394 g/mol. The zero-order chi connectivity index (χ0) is 19.1. The van der Waals surface area contributed by atoms with Gasteiger partial charge in [0.25, 0.3) is 11.6 Å². The van der Waals surface area contributed by atoms with E-state index in [1.165, 1.54) is 23.9 Å². The largest absolute Gasteiger partial charge is 0.452 e. The topological polar surface area (TPSA) is 98.5 Å². The highest BCUT2D eigenvalue weighted by molar-refractivity contribution is 7.98. The summed E-state index contributed by atoms with van der Waals surface area (Å²) < 4.78 is 4.90. The average molecular weight is 395 g/mol. The Morgan fingerprint density at radius 1 is 1.27 bits per heavy atom. The van der Waals surface area contributed by atoms with Gasteiger partial charge in [-0.2, -0.15) is 0 Å². The number of nitro benzene ring substituents is 1. The fourth-order valence-corrected chi connectivity index (χ4v) is 2.81. The van der Waals surface area contributed by atoms with Crippen molar-refractivity contribution in [1.29, 1.82) is 0 Å². The molecule has 0 saturated heterocycles. The summed E-state index contributed by atoms with van der Waals surface area (Å²) in [6.07, 6.45) is 1.70. The quantitative estimate of drug-likeness (QED) is 0.334. The van der Waals surface area contributed by atoms with Crippen LogP contribution in [0.3, 0.4) is 0 Å². The standard InChI is InChI=1S/C17H15ClN2O5S/c1-26-15-7-6-11(8-14(15)20(23)24)17(22)25-10-16(21)19-9-12-4-2-3-5-13(12)18/h2-8H,9-10H2,1H3,(H,19,21). The molecule has 0 atom stereocenters. The lowest BCUT2D eigenvalue weighted by atomic mass is 10.2. The highest BCUT2D eigenvalue weighted by atomic mass is 35.5. The van der Waals surface area contributed by atoms with E-state index in [1.807, 2.05) is 0 Å². The third kappa shape index (κ3) is 5.21. The highest BCUT2D eigenvalue weighted by Crippen LogP contribution is 2.28. The van der Waals surface area contributed by atoms with Crippen LogP contribution in [0.25, 0.3) is 0 Å². The van der Waals surface area contributed by atoms with Crippen LogP contribution in [-0.4, -0.2) is 29.7 Å². The number of amides is 1. The SMILES string of the molecule is CSc1ccc(C(=O)OCC(=O)NCc2ccccc2Cl)cc1[N+](=O)[O-]. The summed E-state index contributed by atoms with van der Waals surface area (Å²) in [5.74, 6) is -1.32. The van der Waals surface area contributed by atoms with Gasteiger partial charge in [0.1, 0.15) is 0 Å². The van der Waals surface area contributed by atoms with Crippen LogP contribution in [0.2, 0.25) is 5.02 Å². The van der Waals surface area contributed by atoms with Gasteiger partial charge >= 0.3 is 5.97 Å². The molecule has 0 spiro atoms. The van der Waals surface area contributed by atoms with Crippen LogP contribution in [0.5, 0.6) is 0 Å². The van der Waals surface area contributed by atoms with E-state index >= 15 is 0 Å². The molecule has 0 aliphatic rings. The van der Waals surface area contributed by atoms with Crippen molar-refractivity contribution in [2.75, 3.05) is 12.9 Å². The van der Waals surface area contributed by atoms with Gasteiger partial charge in [0, 0.05) is 17.6 Å². The minimum absolute atomic E-state index is 0.00778. The van der Waals surface area contributed by atoms with Crippen LogP contribution in [-0.2, 0) is 16.1 Å². The maximum Gasteiger partial charge on any atom is 0.338 e. The molecule has 2 rings (SSSR count). The molecule has 0 fully saturated rings. The second-order valence-electron chi connectivity index (χ2n) is 5.09. The zero-order valence-corrected chi connectivity index (χ0v) is 15.3. The zero-order valence-electron chi connectivity index (χ0n) is 13.7.